The van der Waals surface area contributed by atoms with Crippen LogP contribution in [0.1, 0.15) is 29.3 Å². The van der Waals surface area contributed by atoms with Crippen molar-refractivity contribution in [1.82, 2.24) is 5.32 Å². The summed E-state index contributed by atoms with van der Waals surface area (Å²) in [6.07, 6.45) is 0.151. The lowest BCUT2D eigenvalue weighted by Gasteiger charge is -2.17. The number of hydrogen-bond donors (Lipinski definition) is 1. The summed E-state index contributed by atoms with van der Waals surface area (Å²) in [5.74, 6) is -0.786. The Kier molecular flexibility index (Phi) is 5.38. The molecule has 3 rings (SSSR count). The number of nitrogens with zero attached hydrogens (tertiary/aromatic N) is 1. The molecule has 1 fully saturated rings. The molecule has 6 heteroatoms. The van der Waals surface area contributed by atoms with Crippen molar-refractivity contribution >= 4 is 34.9 Å². The Morgan fingerprint density at radius 3 is 2.69 bits per heavy atom. The smallest absolute Gasteiger partial charge is 0.227 e. The van der Waals surface area contributed by atoms with Gasteiger partial charge >= 0.3 is 0 Å². The summed E-state index contributed by atoms with van der Waals surface area (Å²) in [4.78, 5) is 37.9. The van der Waals surface area contributed by atoms with Gasteiger partial charge in [-0.1, -0.05) is 41.9 Å². The standard InChI is InChI=1S/C20H19ClN2O3/c1-13(24)14-6-4-7-17(9-14)23-12-16(10-19(23)25)20(26)22-11-15-5-2-3-8-18(15)21/h2-9,16H,10-12H2,1H3,(H,22,26). The Hall–Kier alpha value is -2.66. The first-order valence-electron chi connectivity index (χ1n) is 8.38. The second-order valence-corrected chi connectivity index (χ2v) is 6.73. The molecule has 134 valence electrons. The van der Waals surface area contributed by atoms with Crippen LogP contribution in [0.5, 0.6) is 0 Å². The molecule has 1 aliphatic rings. The molecule has 2 amide bonds. The SMILES string of the molecule is CC(=O)c1cccc(N2CC(C(=O)NCc3ccccc3Cl)CC2=O)c1. The fraction of sp³-hybridized carbons (Fsp3) is 0.250. The van der Waals surface area contributed by atoms with Crippen molar-refractivity contribution in [2.45, 2.75) is 19.9 Å². The van der Waals surface area contributed by atoms with Crippen LogP contribution in [0.3, 0.4) is 0 Å². The van der Waals surface area contributed by atoms with E-state index in [0.717, 1.165) is 5.56 Å². The van der Waals surface area contributed by atoms with Crippen molar-refractivity contribution in [3.05, 3.63) is 64.7 Å². The number of carbonyl (C=O) groups excluding carboxylic acids is 3. The van der Waals surface area contributed by atoms with Gasteiger partial charge in [-0.3, -0.25) is 14.4 Å². The second kappa shape index (κ2) is 7.70. The summed E-state index contributed by atoms with van der Waals surface area (Å²) in [5, 5.41) is 3.44. The lowest BCUT2D eigenvalue weighted by atomic mass is 10.1. The predicted octanol–water partition coefficient (Wildman–Crippen LogP) is 3.21. The van der Waals surface area contributed by atoms with Crippen LogP contribution in [-0.2, 0) is 16.1 Å². The Balaban J connectivity index is 1.65. The van der Waals surface area contributed by atoms with Crippen molar-refractivity contribution < 1.29 is 14.4 Å². The molecule has 0 saturated carbocycles. The molecule has 0 aromatic heterocycles. The lowest BCUT2D eigenvalue weighted by molar-refractivity contribution is -0.126. The number of carbonyl (C=O) groups is 3. The van der Waals surface area contributed by atoms with Crippen molar-refractivity contribution in [3.63, 3.8) is 0 Å². The first-order valence-corrected chi connectivity index (χ1v) is 8.76. The van der Waals surface area contributed by atoms with Crippen LogP contribution in [-0.4, -0.2) is 24.1 Å². The molecule has 1 atom stereocenters. The van der Waals surface area contributed by atoms with E-state index in [4.69, 9.17) is 11.6 Å². The van der Waals surface area contributed by atoms with E-state index in [0.29, 0.717) is 29.4 Å². The summed E-state index contributed by atoms with van der Waals surface area (Å²) >= 11 is 6.09. The van der Waals surface area contributed by atoms with E-state index in [-0.39, 0.29) is 24.0 Å². The minimum atomic E-state index is -0.425. The van der Waals surface area contributed by atoms with E-state index >= 15 is 0 Å². The molecule has 1 aliphatic heterocycles. The van der Waals surface area contributed by atoms with Crippen molar-refractivity contribution in [3.8, 4) is 0 Å². The third-order valence-electron chi connectivity index (χ3n) is 4.47. The van der Waals surface area contributed by atoms with Gasteiger partial charge in [0.1, 0.15) is 0 Å². The largest absolute Gasteiger partial charge is 0.352 e. The zero-order chi connectivity index (χ0) is 18.7. The molecule has 0 bridgehead atoms. The van der Waals surface area contributed by atoms with Gasteiger partial charge in [0.05, 0.1) is 5.92 Å². The number of anilines is 1. The molecule has 0 radical (unpaired) electrons. The quantitative estimate of drug-likeness (QED) is 0.822. The third-order valence-corrected chi connectivity index (χ3v) is 4.84. The number of halogens is 1. The van der Waals surface area contributed by atoms with Crippen LogP contribution in [0.2, 0.25) is 5.02 Å². The number of benzene rings is 2. The van der Waals surface area contributed by atoms with E-state index in [9.17, 15) is 14.4 Å². The van der Waals surface area contributed by atoms with Crippen molar-refractivity contribution in [2.75, 3.05) is 11.4 Å². The van der Waals surface area contributed by atoms with Crippen molar-refractivity contribution in [2.24, 2.45) is 5.92 Å². The van der Waals surface area contributed by atoms with Gasteiger partial charge in [-0.15, -0.1) is 0 Å². The van der Waals surface area contributed by atoms with E-state index in [2.05, 4.69) is 5.32 Å². The summed E-state index contributed by atoms with van der Waals surface area (Å²) < 4.78 is 0. The molecular formula is C20H19ClN2O3. The van der Waals surface area contributed by atoms with Gasteiger partial charge in [0.2, 0.25) is 11.8 Å². The Morgan fingerprint density at radius 1 is 1.19 bits per heavy atom. The molecular weight excluding hydrogens is 352 g/mol. The van der Waals surface area contributed by atoms with Gasteiger partial charge in [0.15, 0.2) is 5.78 Å². The average Bonchev–Trinajstić information content (AvgIpc) is 3.03. The van der Waals surface area contributed by atoms with Crippen LogP contribution in [0.25, 0.3) is 0 Å². The summed E-state index contributed by atoms with van der Waals surface area (Å²) in [7, 11) is 0. The predicted molar refractivity (Wildman–Crippen MR) is 100 cm³/mol. The summed E-state index contributed by atoms with van der Waals surface area (Å²) in [5.41, 5.74) is 2.02. The maximum Gasteiger partial charge on any atom is 0.227 e. The fourth-order valence-electron chi connectivity index (χ4n) is 2.99. The van der Waals surface area contributed by atoms with Gasteiger partial charge in [0.25, 0.3) is 0 Å². The number of Topliss-reactive ketones (excluding diaryl/α,β-unsaturated/α-hetero) is 1. The minimum absolute atomic E-state index is 0.0625. The Morgan fingerprint density at radius 2 is 1.96 bits per heavy atom. The van der Waals surface area contributed by atoms with E-state index < -0.39 is 5.92 Å². The molecule has 5 nitrogen and oxygen atoms in total. The molecule has 0 aliphatic carbocycles. The molecule has 26 heavy (non-hydrogen) atoms. The third kappa shape index (κ3) is 3.94. The first kappa shape index (κ1) is 18.1. The van der Waals surface area contributed by atoms with Crippen molar-refractivity contribution in [1.29, 1.82) is 0 Å². The maximum absolute atomic E-state index is 12.4. The van der Waals surface area contributed by atoms with Crippen LogP contribution in [0.15, 0.2) is 48.5 Å². The molecule has 1 saturated heterocycles. The highest BCUT2D eigenvalue weighted by atomic mass is 35.5. The van der Waals surface area contributed by atoms with Gasteiger partial charge in [-0.2, -0.15) is 0 Å². The maximum atomic E-state index is 12.4. The Labute approximate surface area is 156 Å². The van der Waals surface area contributed by atoms with Gasteiger partial charge in [-0.25, -0.2) is 0 Å². The average molecular weight is 371 g/mol. The number of rotatable bonds is 5. The molecule has 2 aromatic rings. The zero-order valence-corrected chi connectivity index (χ0v) is 15.1. The van der Waals surface area contributed by atoms with Crippen LogP contribution in [0, 0.1) is 5.92 Å². The van der Waals surface area contributed by atoms with E-state index in [1.54, 1.807) is 35.2 Å². The topological polar surface area (TPSA) is 66.5 Å². The van der Waals surface area contributed by atoms with Gasteiger partial charge < -0.3 is 10.2 Å². The fourth-order valence-corrected chi connectivity index (χ4v) is 3.20. The minimum Gasteiger partial charge on any atom is -0.352 e. The highest BCUT2D eigenvalue weighted by molar-refractivity contribution is 6.31. The normalized spacial score (nSPS) is 16.6. The second-order valence-electron chi connectivity index (χ2n) is 6.32. The summed E-state index contributed by atoms with van der Waals surface area (Å²) in [6, 6.07) is 14.2. The van der Waals surface area contributed by atoms with E-state index in [1.165, 1.54) is 6.92 Å². The van der Waals surface area contributed by atoms with E-state index in [1.807, 2.05) is 18.2 Å². The number of ketones is 1. The molecule has 1 unspecified atom stereocenters. The number of nitrogens with one attached hydrogen (secondary N) is 1. The first-order chi connectivity index (χ1) is 12.5. The molecule has 2 aromatic carbocycles. The highest BCUT2D eigenvalue weighted by Crippen LogP contribution is 2.26. The molecule has 0 spiro atoms. The lowest BCUT2D eigenvalue weighted by Crippen LogP contribution is -2.32. The molecule has 1 heterocycles. The van der Waals surface area contributed by atoms with Crippen LogP contribution in [0.4, 0.5) is 5.69 Å². The molecule has 1 N–H and O–H groups in total. The van der Waals surface area contributed by atoms with Gasteiger partial charge in [-0.05, 0) is 30.7 Å². The van der Waals surface area contributed by atoms with Crippen LogP contribution >= 0.6 is 11.6 Å². The highest BCUT2D eigenvalue weighted by Gasteiger charge is 2.35. The number of hydrogen-bond acceptors (Lipinski definition) is 3. The number of amides is 2. The van der Waals surface area contributed by atoms with Gasteiger partial charge in [0, 0.05) is 35.8 Å². The summed E-state index contributed by atoms with van der Waals surface area (Å²) in [6.45, 7) is 2.10. The van der Waals surface area contributed by atoms with Crippen LogP contribution < -0.4 is 10.2 Å². The zero-order valence-electron chi connectivity index (χ0n) is 14.4. The monoisotopic (exact) mass is 370 g/mol. The Bertz CT molecular complexity index is 866.